The second-order valence-corrected chi connectivity index (χ2v) is 4.57. The van der Waals surface area contributed by atoms with Gasteiger partial charge in [-0.05, 0) is 23.9 Å². The molecular formula is C14H19N5O2. The van der Waals surface area contributed by atoms with Crippen LogP contribution in [0.25, 0.3) is 0 Å². The third kappa shape index (κ3) is 3.14. The summed E-state index contributed by atoms with van der Waals surface area (Å²) in [6.07, 6.45) is 5.72. The molecule has 1 aliphatic rings. The summed E-state index contributed by atoms with van der Waals surface area (Å²) in [5.74, 6) is 0.250. The normalized spacial score (nSPS) is 15.8. The Bertz CT molecular complexity index is 579. The first-order valence-electron chi connectivity index (χ1n) is 6.56. The smallest absolute Gasteiger partial charge is 0.261 e. The van der Waals surface area contributed by atoms with Gasteiger partial charge in [-0.25, -0.2) is 4.98 Å². The maximum Gasteiger partial charge on any atom is 0.261 e. The van der Waals surface area contributed by atoms with E-state index in [-0.39, 0.29) is 11.8 Å². The van der Waals surface area contributed by atoms with Crippen molar-refractivity contribution >= 4 is 5.91 Å². The minimum absolute atomic E-state index is 0.276. The zero-order valence-electron chi connectivity index (χ0n) is 11.8. The molecule has 6 N–H and O–H groups in total. The number of hydrogen-bond donors (Lipinski definition) is 4. The Labute approximate surface area is 123 Å². The highest BCUT2D eigenvalue weighted by atomic mass is 16.5. The molecule has 0 spiro atoms. The van der Waals surface area contributed by atoms with Crippen LogP contribution >= 0.6 is 0 Å². The first-order chi connectivity index (χ1) is 10.2. The van der Waals surface area contributed by atoms with Gasteiger partial charge in [0, 0.05) is 31.4 Å². The molecular weight excluding hydrogens is 270 g/mol. The van der Waals surface area contributed by atoms with Crippen LogP contribution in [0, 0.1) is 0 Å². The lowest BCUT2D eigenvalue weighted by molar-refractivity contribution is 0.0961. The number of amides is 1. The number of carbonyl (C=O) groups is 1. The number of nitrogens with two attached hydrogens (primary N) is 2. The molecule has 0 radical (unpaired) electrons. The Kier molecular flexibility index (Phi) is 4.78. The molecule has 0 aliphatic carbocycles. The average Bonchev–Trinajstić information content (AvgIpc) is 2.44. The summed E-state index contributed by atoms with van der Waals surface area (Å²) in [6, 6.07) is 1.84. The Balaban J connectivity index is 2.34. The molecule has 1 saturated heterocycles. The number of rotatable bonds is 5. The minimum Gasteiger partial charge on any atom is -0.480 e. The molecule has 1 amide bonds. The van der Waals surface area contributed by atoms with Gasteiger partial charge in [0.15, 0.2) is 0 Å². The zero-order chi connectivity index (χ0) is 15.2. The van der Waals surface area contributed by atoms with Gasteiger partial charge >= 0.3 is 0 Å². The third-order valence-corrected chi connectivity index (χ3v) is 3.30. The van der Waals surface area contributed by atoms with Crippen LogP contribution in [0.4, 0.5) is 0 Å². The Morgan fingerprint density at radius 1 is 1.52 bits per heavy atom. The van der Waals surface area contributed by atoms with Crippen molar-refractivity contribution in [1.29, 1.82) is 0 Å². The molecule has 1 fully saturated rings. The van der Waals surface area contributed by atoms with Gasteiger partial charge in [-0.15, -0.1) is 0 Å². The van der Waals surface area contributed by atoms with E-state index in [2.05, 4.69) is 15.6 Å². The SMILES string of the molecule is COc1nccc(C2CNC2)c1C(=O)NC(/C=C\N)=C/N. The summed E-state index contributed by atoms with van der Waals surface area (Å²) in [5.41, 5.74) is 12.5. The van der Waals surface area contributed by atoms with Gasteiger partial charge in [-0.3, -0.25) is 4.79 Å². The van der Waals surface area contributed by atoms with E-state index in [1.54, 1.807) is 6.20 Å². The van der Waals surface area contributed by atoms with Crippen LogP contribution in [-0.2, 0) is 0 Å². The van der Waals surface area contributed by atoms with Crippen molar-refractivity contribution in [3.05, 3.63) is 47.6 Å². The van der Waals surface area contributed by atoms with Gasteiger partial charge in [-0.1, -0.05) is 0 Å². The van der Waals surface area contributed by atoms with Gasteiger partial charge in [0.1, 0.15) is 5.56 Å². The average molecular weight is 289 g/mol. The molecule has 21 heavy (non-hydrogen) atoms. The zero-order valence-corrected chi connectivity index (χ0v) is 11.8. The van der Waals surface area contributed by atoms with E-state index in [1.165, 1.54) is 25.6 Å². The van der Waals surface area contributed by atoms with Gasteiger partial charge in [-0.2, -0.15) is 0 Å². The maximum absolute atomic E-state index is 12.5. The van der Waals surface area contributed by atoms with E-state index in [4.69, 9.17) is 16.2 Å². The van der Waals surface area contributed by atoms with Crippen LogP contribution < -0.4 is 26.8 Å². The van der Waals surface area contributed by atoms with Crippen molar-refractivity contribution in [3.8, 4) is 5.88 Å². The standard InChI is InChI=1S/C14H19N5O2/c1-21-14-12(13(20)19-10(6-16)2-4-15)11(3-5-18-14)9-7-17-8-9/h2-6,9,17H,7-8,15-16H2,1H3,(H,19,20)/b4-2-,10-6+. The lowest BCUT2D eigenvalue weighted by Crippen LogP contribution is -2.41. The largest absolute Gasteiger partial charge is 0.480 e. The number of ether oxygens (including phenoxy) is 1. The van der Waals surface area contributed by atoms with E-state index in [0.29, 0.717) is 17.1 Å². The predicted octanol–water partition coefficient (Wildman–Crippen LogP) is -0.221. The van der Waals surface area contributed by atoms with Crippen molar-refractivity contribution in [2.45, 2.75) is 5.92 Å². The van der Waals surface area contributed by atoms with Gasteiger partial charge < -0.3 is 26.8 Å². The summed E-state index contributed by atoms with van der Waals surface area (Å²) in [6.45, 7) is 1.66. The molecule has 0 bridgehead atoms. The van der Waals surface area contributed by atoms with Gasteiger partial charge in [0.05, 0.1) is 12.8 Å². The number of pyridine rings is 1. The summed E-state index contributed by atoms with van der Waals surface area (Å²) in [7, 11) is 1.49. The number of allylic oxidation sites excluding steroid dienone is 1. The predicted molar refractivity (Wildman–Crippen MR) is 79.5 cm³/mol. The molecule has 2 rings (SSSR count). The Hall–Kier alpha value is -2.54. The number of methoxy groups -OCH3 is 1. The highest BCUT2D eigenvalue weighted by Gasteiger charge is 2.27. The molecule has 0 saturated carbocycles. The minimum atomic E-state index is -0.323. The molecule has 0 unspecified atom stereocenters. The first-order valence-corrected chi connectivity index (χ1v) is 6.56. The molecule has 1 aliphatic heterocycles. The number of hydrogen-bond acceptors (Lipinski definition) is 6. The van der Waals surface area contributed by atoms with E-state index >= 15 is 0 Å². The number of carbonyl (C=O) groups excluding carboxylic acids is 1. The van der Waals surface area contributed by atoms with Crippen molar-refractivity contribution in [2.24, 2.45) is 11.5 Å². The lowest BCUT2D eigenvalue weighted by atomic mass is 9.90. The molecule has 2 heterocycles. The van der Waals surface area contributed by atoms with Crippen molar-refractivity contribution in [3.63, 3.8) is 0 Å². The number of nitrogens with one attached hydrogen (secondary N) is 2. The van der Waals surface area contributed by atoms with Crippen LogP contribution in [0.2, 0.25) is 0 Å². The second-order valence-electron chi connectivity index (χ2n) is 4.57. The highest BCUT2D eigenvalue weighted by molar-refractivity contribution is 5.99. The Morgan fingerprint density at radius 3 is 2.81 bits per heavy atom. The summed E-state index contributed by atoms with van der Waals surface area (Å²) in [5, 5.41) is 5.88. The van der Waals surface area contributed by atoms with Crippen LogP contribution in [0.5, 0.6) is 5.88 Å². The Morgan fingerprint density at radius 2 is 2.29 bits per heavy atom. The van der Waals surface area contributed by atoms with Crippen molar-refractivity contribution in [1.82, 2.24) is 15.6 Å². The molecule has 112 valence electrons. The van der Waals surface area contributed by atoms with Crippen LogP contribution in [-0.4, -0.2) is 31.1 Å². The number of nitrogens with zero attached hydrogens (tertiary/aromatic N) is 1. The van der Waals surface area contributed by atoms with E-state index in [9.17, 15) is 4.79 Å². The van der Waals surface area contributed by atoms with Crippen molar-refractivity contribution in [2.75, 3.05) is 20.2 Å². The van der Waals surface area contributed by atoms with Crippen LogP contribution in [0.3, 0.4) is 0 Å². The van der Waals surface area contributed by atoms with Gasteiger partial charge in [0.25, 0.3) is 5.91 Å². The van der Waals surface area contributed by atoms with Gasteiger partial charge in [0.2, 0.25) is 5.88 Å². The molecule has 0 aromatic carbocycles. The fourth-order valence-corrected chi connectivity index (χ4v) is 2.12. The van der Waals surface area contributed by atoms with E-state index < -0.39 is 0 Å². The topological polar surface area (TPSA) is 115 Å². The molecule has 7 nitrogen and oxygen atoms in total. The maximum atomic E-state index is 12.5. The first kappa shape index (κ1) is 14.9. The summed E-state index contributed by atoms with van der Waals surface area (Å²) in [4.78, 5) is 16.6. The molecule has 1 aromatic rings. The summed E-state index contributed by atoms with van der Waals surface area (Å²) < 4.78 is 5.22. The molecule has 0 atom stereocenters. The third-order valence-electron chi connectivity index (χ3n) is 3.30. The lowest BCUT2D eigenvalue weighted by Gasteiger charge is -2.29. The number of aromatic nitrogens is 1. The molecule has 1 aromatic heterocycles. The van der Waals surface area contributed by atoms with E-state index in [0.717, 1.165) is 18.7 Å². The van der Waals surface area contributed by atoms with E-state index in [1.807, 2.05) is 6.07 Å². The fraction of sp³-hybridized carbons (Fsp3) is 0.286. The van der Waals surface area contributed by atoms with Crippen LogP contribution in [0.1, 0.15) is 21.8 Å². The second kappa shape index (κ2) is 6.76. The quantitative estimate of drug-likeness (QED) is 0.557. The van der Waals surface area contributed by atoms with Crippen LogP contribution in [0.15, 0.2) is 36.4 Å². The van der Waals surface area contributed by atoms with Crippen molar-refractivity contribution < 1.29 is 9.53 Å². The monoisotopic (exact) mass is 289 g/mol. The highest BCUT2D eigenvalue weighted by Crippen LogP contribution is 2.28. The summed E-state index contributed by atoms with van der Waals surface area (Å²) >= 11 is 0. The molecule has 7 heteroatoms. The fourth-order valence-electron chi connectivity index (χ4n) is 2.12.